The van der Waals surface area contributed by atoms with Crippen LogP contribution < -0.4 is 0 Å². The highest BCUT2D eigenvalue weighted by molar-refractivity contribution is 6.31. The van der Waals surface area contributed by atoms with E-state index in [0.717, 1.165) is 67.0 Å². The van der Waals surface area contributed by atoms with Gasteiger partial charge < -0.3 is 19.3 Å². The zero-order chi connectivity index (χ0) is 55.1. The average Bonchev–Trinajstić information content (AvgIpc) is 4.15. The smallest absolute Gasteiger partial charge is 0.335 e. The molecule has 0 saturated carbocycles. The number of carbonyl (C=O) groups is 2. The maximum absolute atomic E-state index is 11.3. The highest BCUT2D eigenvalue weighted by Crippen LogP contribution is 2.37. The zero-order valence-corrected chi connectivity index (χ0v) is 45.9. The Morgan fingerprint density at radius 3 is 1.08 bits per heavy atom. The van der Waals surface area contributed by atoms with Crippen LogP contribution in [0.4, 0.5) is 0 Å². The second-order valence-electron chi connectivity index (χ2n) is 21.7. The van der Waals surface area contributed by atoms with Crippen LogP contribution in [-0.2, 0) is 23.7 Å². The molecule has 0 bridgehead atoms. The first-order valence-electron chi connectivity index (χ1n) is 25.9. The minimum Gasteiger partial charge on any atom is -0.478 e. The van der Waals surface area contributed by atoms with Gasteiger partial charge in [-0.15, -0.1) is 0 Å². The zero-order valence-electron chi connectivity index (χ0n) is 44.4. The van der Waals surface area contributed by atoms with E-state index in [-0.39, 0.29) is 33.8 Å². The third-order valence-corrected chi connectivity index (χ3v) is 14.6. The number of carboxylic acids is 2. The predicted molar refractivity (Wildman–Crippen MR) is 313 cm³/mol. The Labute approximate surface area is 466 Å². The van der Waals surface area contributed by atoms with Crippen LogP contribution >= 0.6 is 23.2 Å². The van der Waals surface area contributed by atoms with Crippen LogP contribution in [0, 0.1) is 0 Å². The molecule has 0 saturated heterocycles. The van der Waals surface area contributed by atoms with Gasteiger partial charge in [0.25, 0.3) is 0 Å². The SMILES string of the molecule is CC(C)(C)c1ccc([C@@H](Cc2ccc(C(=O)O)cc2)c2cc(-c3cccc(-c4ccc(Cl)cc4)c3)on2)cc1.CC(C)(C)c1ccc([C@H](Cc2ccc(C(=O)O)cc2)c2cc(-c3cccc(-c4ccc(Cl)cc4)c3)on2)cc1. The molecular weight excluding hydrogens is 1010 g/mol. The molecule has 0 radical (unpaired) electrons. The third kappa shape index (κ3) is 13.4. The van der Waals surface area contributed by atoms with Crippen LogP contribution in [0.25, 0.3) is 44.9 Å². The molecule has 10 heteroatoms. The molecule has 2 N–H and O–H groups in total. The molecule has 2 aromatic heterocycles. The monoisotopic (exact) mass is 1070 g/mol. The van der Waals surface area contributed by atoms with Crippen molar-refractivity contribution >= 4 is 35.1 Å². The van der Waals surface area contributed by atoms with Crippen molar-refractivity contribution in [1.82, 2.24) is 10.3 Å². The molecule has 0 aliphatic rings. The van der Waals surface area contributed by atoms with E-state index in [0.29, 0.717) is 34.4 Å². The molecular formula is C68H60Cl2N2O6. The Bertz CT molecular complexity index is 3400. The minimum atomic E-state index is -0.933. The predicted octanol–water partition coefficient (Wildman–Crippen LogP) is 18.1. The van der Waals surface area contributed by atoms with Gasteiger partial charge in [-0.3, -0.25) is 0 Å². The topological polar surface area (TPSA) is 127 Å². The van der Waals surface area contributed by atoms with E-state index in [2.05, 4.69) is 125 Å². The Hall–Kier alpha value is -8.30. The van der Waals surface area contributed by atoms with Crippen LogP contribution in [0.15, 0.2) is 215 Å². The summed E-state index contributed by atoms with van der Waals surface area (Å²) >= 11 is 12.1. The van der Waals surface area contributed by atoms with Gasteiger partial charge in [0.2, 0.25) is 0 Å². The molecule has 8 aromatic carbocycles. The number of benzene rings is 8. The molecule has 10 aromatic rings. The second-order valence-corrected chi connectivity index (χ2v) is 22.5. The van der Waals surface area contributed by atoms with Crippen molar-refractivity contribution in [3.05, 3.63) is 272 Å². The molecule has 0 spiro atoms. The molecule has 392 valence electrons. The Kier molecular flexibility index (Phi) is 16.4. The molecule has 10 rings (SSSR count). The van der Waals surface area contributed by atoms with Crippen molar-refractivity contribution in [2.45, 2.75) is 77.0 Å². The molecule has 2 atom stereocenters. The van der Waals surface area contributed by atoms with E-state index in [4.69, 9.17) is 32.2 Å². The fourth-order valence-electron chi connectivity index (χ4n) is 9.42. The van der Waals surface area contributed by atoms with Gasteiger partial charge >= 0.3 is 11.9 Å². The third-order valence-electron chi connectivity index (χ3n) is 14.1. The number of hydrogen-bond acceptors (Lipinski definition) is 6. The molecule has 0 amide bonds. The van der Waals surface area contributed by atoms with Crippen molar-refractivity contribution in [3.8, 4) is 44.9 Å². The van der Waals surface area contributed by atoms with Gasteiger partial charge in [0.1, 0.15) is 0 Å². The Morgan fingerprint density at radius 1 is 0.423 bits per heavy atom. The lowest BCUT2D eigenvalue weighted by Gasteiger charge is -2.21. The number of aromatic carboxylic acids is 2. The van der Waals surface area contributed by atoms with Gasteiger partial charge in [0.15, 0.2) is 11.5 Å². The molecule has 0 unspecified atom stereocenters. The molecule has 2 heterocycles. The molecule has 8 nitrogen and oxygen atoms in total. The summed E-state index contributed by atoms with van der Waals surface area (Å²) in [6, 6.07) is 67.3. The van der Waals surface area contributed by atoms with Crippen LogP contribution in [0.2, 0.25) is 10.0 Å². The Balaban J connectivity index is 0.000000190. The van der Waals surface area contributed by atoms with E-state index in [1.807, 2.05) is 109 Å². The van der Waals surface area contributed by atoms with E-state index >= 15 is 0 Å². The van der Waals surface area contributed by atoms with Gasteiger partial charge in [-0.1, -0.05) is 209 Å². The number of halogens is 2. The van der Waals surface area contributed by atoms with Crippen molar-refractivity contribution in [1.29, 1.82) is 0 Å². The summed E-state index contributed by atoms with van der Waals surface area (Å²) in [5.41, 5.74) is 15.3. The maximum Gasteiger partial charge on any atom is 0.335 e. The summed E-state index contributed by atoms with van der Waals surface area (Å²) in [6.45, 7) is 13.2. The summed E-state index contributed by atoms with van der Waals surface area (Å²) in [5.74, 6) is -0.606. The minimum absolute atomic E-state index is 0.0524. The number of hydrogen-bond donors (Lipinski definition) is 2. The van der Waals surface area contributed by atoms with Crippen molar-refractivity contribution in [2.24, 2.45) is 0 Å². The fourth-order valence-corrected chi connectivity index (χ4v) is 9.67. The van der Waals surface area contributed by atoms with Gasteiger partial charge in [-0.2, -0.15) is 0 Å². The average molecular weight is 1070 g/mol. The Morgan fingerprint density at radius 2 is 0.756 bits per heavy atom. The van der Waals surface area contributed by atoms with Gasteiger partial charge in [0.05, 0.1) is 22.5 Å². The van der Waals surface area contributed by atoms with Crippen molar-refractivity contribution in [2.75, 3.05) is 0 Å². The number of rotatable bonds is 14. The summed E-state index contributed by atoms with van der Waals surface area (Å²) in [7, 11) is 0. The fraction of sp³-hybridized carbons (Fsp3) is 0.176. The highest BCUT2D eigenvalue weighted by atomic mass is 35.5. The summed E-state index contributed by atoms with van der Waals surface area (Å²) < 4.78 is 11.8. The van der Waals surface area contributed by atoms with E-state index in [1.54, 1.807) is 24.3 Å². The van der Waals surface area contributed by atoms with Crippen LogP contribution in [-0.4, -0.2) is 32.5 Å². The number of aromatic nitrogens is 2. The van der Waals surface area contributed by atoms with Crippen LogP contribution in [0.3, 0.4) is 0 Å². The van der Waals surface area contributed by atoms with E-state index in [9.17, 15) is 19.8 Å². The lowest BCUT2D eigenvalue weighted by Crippen LogP contribution is -2.12. The molecule has 0 aliphatic heterocycles. The van der Waals surface area contributed by atoms with Crippen LogP contribution in [0.5, 0.6) is 0 Å². The summed E-state index contributed by atoms with van der Waals surface area (Å²) in [5, 5.41) is 29.0. The molecule has 0 fully saturated rings. The first kappa shape index (κ1) is 54.5. The summed E-state index contributed by atoms with van der Waals surface area (Å²) in [4.78, 5) is 22.7. The first-order chi connectivity index (χ1) is 37.3. The van der Waals surface area contributed by atoms with Crippen molar-refractivity contribution in [3.63, 3.8) is 0 Å². The number of carboxylic acid groups (broad SMARTS) is 2. The van der Waals surface area contributed by atoms with E-state index in [1.165, 1.54) is 11.1 Å². The second kappa shape index (κ2) is 23.5. The first-order valence-corrected chi connectivity index (χ1v) is 26.6. The van der Waals surface area contributed by atoms with Gasteiger partial charge in [-0.05, 0) is 140 Å². The normalized spacial score (nSPS) is 12.3. The standard InChI is InChI=1S/2C34H30ClNO3/c2*1-34(2,3)28-15-11-24(12-16-28)30(19-22-7-9-25(10-8-22)33(37)38)31-21-32(39-36-31)27-6-4-5-26(20-27)23-13-17-29(35)18-14-23/h2*4-18,20-21,30H,19H2,1-3H3,(H,37,38)/t2*30-/m10/s1. The quantitative estimate of drug-likeness (QED) is 0.110. The largest absolute Gasteiger partial charge is 0.478 e. The van der Waals surface area contributed by atoms with Crippen LogP contribution in [0.1, 0.15) is 119 Å². The van der Waals surface area contributed by atoms with Crippen molar-refractivity contribution < 1.29 is 28.8 Å². The van der Waals surface area contributed by atoms with Gasteiger partial charge in [-0.25, -0.2) is 9.59 Å². The lowest BCUT2D eigenvalue weighted by molar-refractivity contribution is 0.0686. The molecule has 78 heavy (non-hydrogen) atoms. The van der Waals surface area contributed by atoms with Gasteiger partial charge in [0, 0.05) is 45.1 Å². The summed E-state index contributed by atoms with van der Waals surface area (Å²) in [6.07, 6.45) is 1.32. The highest BCUT2D eigenvalue weighted by Gasteiger charge is 2.24. The number of nitrogens with zero attached hydrogens (tertiary/aromatic N) is 2. The maximum atomic E-state index is 11.3. The van der Waals surface area contributed by atoms with E-state index < -0.39 is 11.9 Å². The lowest BCUT2D eigenvalue weighted by atomic mass is 9.83. The molecule has 0 aliphatic carbocycles.